The molecule has 0 saturated carbocycles. The van der Waals surface area contributed by atoms with E-state index >= 15 is 0 Å². The number of nitrogens with zero attached hydrogens (tertiary/aromatic N) is 3. The third kappa shape index (κ3) is 3.86. The minimum Gasteiger partial charge on any atom is -0.341 e. The van der Waals surface area contributed by atoms with Gasteiger partial charge in [0, 0.05) is 47.2 Å². The third-order valence-corrected chi connectivity index (χ3v) is 6.49. The van der Waals surface area contributed by atoms with Crippen LogP contribution in [0.2, 0.25) is 0 Å². The molecule has 29 heavy (non-hydrogen) atoms. The summed E-state index contributed by atoms with van der Waals surface area (Å²) in [6.45, 7) is 2.63. The fourth-order valence-electron chi connectivity index (χ4n) is 3.96. The zero-order valence-electron chi connectivity index (χ0n) is 16.1. The second-order valence-corrected chi connectivity index (χ2v) is 8.42. The lowest BCUT2D eigenvalue weighted by atomic mass is 9.98. The van der Waals surface area contributed by atoms with Crippen molar-refractivity contribution in [3.63, 3.8) is 0 Å². The summed E-state index contributed by atoms with van der Waals surface area (Å²) in [7, 11) is 0. The van der Waals surface area contributed by atoms with Crippen molar-refractivity contribution in [2.75, 3.05) is 6.54 Å². The number of carbonyl (C=O) groups is 1. The molecule has 0 saturated heterocycles. The van der Waals surface area contributed by atoms with E-state index in [-0.39, 0.29) is 5.78 Å². The van der Waals surface area contributed by atoms with Gasteiger partial charge >= 0.3 is 0 Å². The summed E-state index contributed by atoms with van der Waals surface area (Å²) in [5, 5.41) is 2.05. The number of benzene rings is 1. The maximum absolute atomic E-state index is 12.8. The van der Waals surface area contributed by atoms with Crippen LogP contribution in [0.4, 0.5) is 0 Å². The van der Waals surface area contributed by atoms with Gasteiger partial charge in [-0.15, -0.1) is 11.3 Å². The van der Waals surface area contributed by atoms with Crippen molar-refractivity contribution in [1.82, 2.24) is 19.9 Å². The number of nitrogens with one attached hydrogen (secondary N) is 1. The maximum atomic E-state index is 12.8. The highest BCUT2D eigenvalue weighted by molar-refractivity contribution is 7.10. The Bertz CT molecular complexity index is 1120. The highest BCUT2D eigenvalue weighted by Crippen LogP contribution is 2.30. The quantitative estimate of drug-likeness (QED) is 0.486. The number of fused-ring (bicyclic) bond motifs is 2. The van der Waals surface area contributed by atoms with E-state index in [0.29, 0.717) is 12.8 Å². The monoisotopic (exact) mass is 402 g/mol. The Balaban J connectivity index is 1.24. The first-order valence-electron chi connectivity index (χ1n) is 9.94. The molecule has 1 aromatic carbocycles. The smallest absolute Gasteiger partial charge is 0.164 e. The minimum absolute atomic E-state index is 0.235. The molecular formula is C23H22N4OS. The van der Waals surface area contributed by atoms with Crippen molar-refractivity contribution in [3.8, 4) is 0 Å². The molecule has 1 aliphatic heterocycles. The van der Waals surface area contributed by atoms with Gasteiger partial charge in [0.25, 0.3) is 0 Å². The molecule has 0 amide bonds. The first-order valence-corrected chi connectivity index (χ1v) is 10.8. The standard InChI is InChI=1S/C23H22N4OS/c28-21(9-8-16-5-3-4-11-24-16)18-15-29-22-13-27(12-10-17(18)22)14-23-25-19-6-1-2-7-20(19)26-23/h1-7,11,15H,8-10,12-14H2,(H,25,26). The number of aromatic nitrogens is 3. The molecule has 4 heterocycles. The SMILES string of the molecule is O=C(CCc1ccccn1)c1csc2c1CCN(Cc1nc3ccccc3[nH]1)C2. The van der Waals surface area contributed by atoms with Gasteiger partial charge < -0.3 is 4.98 Å². The van der Waals surface area contributed by atoms with Crippen LogP contribution in [0.1, 0.15) is 38.7 Å². The van der Waals surface area contributed by atoms with E-state index in [2.05, 4.69) is 26.3 Å². The number of aromatic amines is 1. The van der Waals surface area contributed by atoms with E-state index in [1.807, 2.05) is 36.4 Å². The van der Waals surface area contributed by atoms with Crippen molar-refractivity contribution in [2.45, 2.75) is 32.4 Å². The summed E-state index contributed by atoms with van der Waals surface area (Å²) < 4.78 is 0. The maximum Gasteiger partial charge on any atom is 0.164 e. The van der Waals surface area contributed by atoms with Crippen molar-refractivity contribution in [2.24, 2.45) is 0 Å². The van der Waals surface area contributed by atoms with Gasteiger partial charge in [0.15, 0.2) is 5.78 Å². The highest BCUT2D eigenvalue weighted by Gasteiger charge is 2.24. The van der Waals surface area contributed by atoms with Gasteiger partial charge in [0.2, 0.25) is 0 Å². The fourth-order valence-corrected chi connectivity index (χ4v) is 5.11. The molecule has 5 rings (SSSR count). The number of carbonyl (C=O) groups excluding carboxylic acids is 1. The van der Waals surface area contributed by atoms with Gasteiger partial charge in [-0.2, -0.15) is 0 Å². The van der Waals surface area contributed by atoms with Gasteiger partial charge in [-0.25, -0.2) is 4.98 Å². The predicted molar refractivity (Wildman–Crippen MR) is 115 cm³/mol. The van der Waals surface area contributed by atoms with Crippen LogP contribution in [-0.2, 0) is 25.9 Å². The molecule has 146 valence electrons. The van der Waals surface area contributed by atoms with E-state index in [1.165, 1.54) is 10.4 Å². The first-order chi connectivity index (χ1) is 14.3. The Morgan fingerprint density at radius 3 is 2.93 bits per heavy atom. The van der Waals surface area contributed by atoms with Crippen LogP contribution in [0.5, 0.6) is 0 Å². The third-order valence-electron chi connectivity index (χ3n) is 5.47. The summed E-state index contributed by atoms with van der Waals surface area (Å²) in [4.78, 5) is 28.9. The average molecular weight is 403 g/mol. The van der Waals surface area contributed by atoms with Crippen molar-refractivity contribution in [3.05, 3.63) is 81.6 Å². The summed E-state index contributed by atoms with van der Waals surface area (Å²) in [5.41, 5.74) is 5.24. The fraction of sp³-hybridized carbons (Fsp3) is 0.261. The van der Waals surface area contributed by atoms with E-state index in [1.54, 1.807) is 17.5 Å². The summed E-state index contributed by atoms with van der Waals surface area (Å²) in [6.07, 6.45) is 3.91. The second kappa shape index (κ2) is 7.89. The lowest BCUT2D eigenvalue weighted by molar-refractivity contribution is 0.0981. The van der Waals surface area contributed by atoms with E-state index in [9.17, 15) is 4.79 Å². The number of Topliss-reactive ketones (excluding diaryl/α,β-unsaturated/α-hetero) is 1. The zero-order valence-corrected chi connectivity index (χ0v) is 16.9. The van der Waals surface area contributed by atoms with Crippen LogP contribution >= 0.6 is 11.3 Å². The van der Waals surface area contributed by atoms with Gasteiger partial charge in [0.05, 0.1) is 17.6 Å². The molecule has 0 fully saturated rings. The molecule has 0 unspecified atom stereocenters. The van der Waals surface area contributed by atoms with Crippen molar-refractivity contribution in [1.29, 1.82) is 0 Å². The lowest BCUT2D eigenvalue weighted by Gasteiger charge is -2.26. The summed E-state index contributed by atoms with van der Waals surface area (Å²) >= 11 is 1.71. The number of para-hydroxylation sites is 2. The van der Waals surface area contributed by atoms with Crippen LogP contribution in [0, 0.1) is 0 Å². The lowest BCUT2D eigenvalue weighted by Crippen LogP contribution is -2.30. The molecule has 0 radical (unpaired) electrons. The average Bonchev–Trinajstić information content (AvgIpc) is 3.36. The molecular weight excluding hydrogens is 380 g/mol. The normalized spacial score (nSPS) is 14.2. The number of hydrogen-bond acceptors (Lipinski definition) is 5. The van der Waals surface area contributed by atoms with E-state index in [0.717, 1.165) is 54.2 Å². The molecule has 1 aliphatic rings. The van der Waals surface area contributed by atoms with Crippen LogP contribution in [0.25, 0.3) is 11.0 Å². The predicted octanol–water partition coefficient (Wildman–Crippen LogP) is 4.39. The van der Waals surface area contributed by atoms with Crippen molar-refractivity contribution < 1.29 is 4.79 Å². The highest BCUT2D eigenvalue weighted by atomic mass is 32.1. The van der Waals surface area contributed by atoms with Crippen LogP contribution < -0.4 is 0 Å². The Morgan fingerprint density at radius 2 is 2.07 bits per heavy atom. The first kappa shape index (κ1) is 18.2. The summed E-state index contributed by atoms with van der Waals surface area (Å²) in [6, 6.07) is 14.0. The Kier molecular flexibility index (Phi) is 4.96. The number of pyridine rings is 1. The Hall–Kier alpha value is -2.83. The number of ketones is 1. The van der Waals surface area contributed by atoms with Crippen LogP contribution in [0.3, 0.4) is 0 Å². The number of H-pyrrole nitrogens is 1. The van der Waals surface area contributed by atoms with Gasteiger partial charge in [0.1, 0.15) is 5.82 Å². The topological polar surface area (TPSA) is 61.9 Å². The molecule has 4 aromatic rings. The second-order valence-electron chi connectivity index (χ2n) is 7.46. The number of thiophene rings is 1. The number of aryl methyl sites for hydroxylation is 1. The minimum atomic E-state index is 0.235. The molecule has 0 aliphatic carbocycles. The number of rotatable bonds is 6. The molecule has 0 spiro atoms. The van der Waals surface area contributed by atoms with Gasteiger partial charge in [-0.1, -0.05) is 18.2 Å². The molecule has 0 atom stereocenters. The van der Waals surface area contributed by atoms with Crippen molar-refractivity contribution >= 4 is 28.2 Å². The Morgan fingerprint density at radius 1 is 1.17 bits per heavy atom. The molecule has 6 heteroatoms. The molecule has 1 N–H and O–H groups in total. The largest absolute Gasteiger partial charge is 0.341 e. The van der Waals surface area contributed by atoms with Gasteiger partial charge in [-0.3, -0.25) is 14.7 Å². The molecule has 5 nitrogen and oxygen atoms in total. The number of hydrogen-bond donors (Lipinski definition) is 1. The molecule has 0 bridgehead atoms. The van der Waals surface area contributed by atoms with Gasteiger partial charge in [-0.05, 0) is 42.7 Å². The van der Waals surface area contributed by atoms with E-state index in [4.69, 9.17) is 4.98 Å². The van der Waals surface area contributed by atoms with Crippen LogP contribution in [0.15, 0.2) is 54.0 Å². The number of imidazole rings is 1. The van der Waals surface area contributed by atoms with Crippen LogP contribution in [-0.4, -0.2) is 32.2 Å². The zero-order chi connectivity index (χ0) is 19.6. The van der Waals surface area contributed by atoms with E-state index < -0.39 is 0 Å². The molecule has 3 aromatic heterocycles. The summed E-state index contributed by atoms with van der Waals surface area (Å²) in [5.74, 6) is 1.23. The Labute approximate surface area is 173 Å².